The van der Waals surface area contributed by atoms with Gasteiger partial charge >= 0.3 is 5.69 Å². The molecule has 0 radical (unpaired) electrons. The van der Waals surface area contributed by atoms with Gasteiger partial charge in [-0.05, 0) is 24.5 Å². The number of nitrogens with zero attached hydrogens (tertiary/aromatic N) is 1. The summed E-state index contributed by atoms with van der Waals surface area (Å²) in [5.74, 6) is 0.405. The molecule has 1 aromatic heterocycles. The molecule has 0 atom stereocenters. The van der Waals surface area contributed by atoms with Gasteiger partial charge in [-0.25, -0.2) is 4.79 Å². The van der Waals surface area contributed by atoms with Gasteiger partial charge in [0.05, 0.1) is 15.9 Å². The Hall–Kier alpha value is -1.26. The first-order valence-corrected chi connectivity index (χ1v) is 6.77. The predicted molar refractivity (Wildman–Crippen MR) is 78.3 cm³/mol. The van der Waals surface area contributed by atoms with Crippen LogP contribution in [0.3, 0.4) is 0 Å². The molecule has 4 nitrogen and oxygen atoms in total. The Balaban J connectivity index is 2.68. The van der Waals surface area contributed by atoms with E-state index in [9.17, 15) is 9.59 Å². The molecule has 0 aliphatic rings. The maximum absolute atomic E-state index is 12.3. The molecule has 0 fully saturated rings. The lowest BCUT2D eigenvalue weighted by atomic mass is 10.1. The van der Waals surface area contributed by atoms with Crippen LogP contribution in [0.5, 0.6) is 0 Å². The van der Waals surface area contributed by atoms with Crippen molar-refractivity contribution in [1.29, 1.82) is 0 Å². The summed E-state index contributed by atoms with van der Waals surface area (Å²) in [6.07, 6.45) is 0.750. The Morgan fingerprint density at radius 1 is 1.26 bits per heavy atom. The first-order chi connectivity index (χ1) is 8.90. The number of aromatic amines is 1. The molecule has 0 aliphatic heterocycles. The van der Waals surface area contributed by atoms with Crippen LogP contribution in [-0.4, -0.2) is 9.55 Å². The highest BCUT2D eigenvalue weighted by Gasteiger charge is 2.12. The van der Waals surface area contributed by atoms with Crippen molar-refractivity contribution in [2.24, 2.45) is 5.92 Å². The van der Waals surface area contributed by atoms with Crippen molar-refractivity contribution in [2.45, 2.75) is 26.8 Å². The minimum absolute atomic E-state index is 0.252. The van der Waals surface area contributed by atoms with Gasteiger partial charge in [-0.2, -0.15) is 0 Å². The standard InChI is InChI=1S/C13H14Cl2N2O2/c1-7(2)3-4-17-12(18)11-9(15)5-8(14)6-10(11)16-13(17)19/h5-7H,3-4H2,1-2H3,(H,16,19). The average Bonchev–Trinajstić information content (AvgIpc) is 2.26. The first kappa shape index (κ1) is 14.2. The zero-order valence-corrected chi connectivity index (χ0v) is 12.2. The number of benzene rings is 1. The third-order valence-electron chi connectivity index (χ3n) is 2.93. The van der Waals surface area contributed by atoms with Gasteiger partial charge in [0.25, 0.3) is 5.56 Å². The van der Waals surface area contributed by atoms with Gasteiger partial charge in [0.15, 0.2) is 0 Å². The second kappa shape index (κ2) is 5.39. The molecule has 0 unspecified atom stereocenters. The number of halogens is 2. The zero-order valence-electron chi connectivity index (χ0n) is 10.7. The van der Waals surface area contributed by atoms with Crippen LogP contribution >= 0.6 is 23.2 Å². The number of hydrogen-bond acceptors (Lipinski definition) is 2. The van der Waals surface area contributed by atoms with E-state index in [1.807, 2.05) is 13.8 Å². The van der Waals surface area contributed by atoms with Crippen molar-refractivity contribution in [1.82, 2.24) is 9.55 Å². The van der Waals surface area contributed by atoms with Crippen molar-refractivity contribution in [3.63, 3.8) is 0 Å². The van der Waals surface area contributed by atoms with Crippen molar-refractivity contribution in [2.75, 3.05) is 0 Å². The summed E-state index contributed by atoms with van der Waals surface area (Å²) in [6.45, 7) is 4.45. The van der Waals surface area contributed by atoms with E-state index in [1.54, 1.807) is 0 Å². The van der Waals surface area contributed by atoms with E-state index in [0.717, 1.165) is 6.42 Å². The minimum atomic E-state index is -0.434. The molecule has 6 heteroatoms. The molecule has 2 aromatic rings. The highest BCUT2D eigenvalue weighted by molar-refractivity contribution is 6.38. The molecule has 1 heterocycles. The molecule has 0 aliphatic carbocycles. The smallest absolute Gasteiger partial charge is 0.307 e. The van der Waals surface area contributed by atoms with Crippen LogP contribution in [0, 0.1) is 5.92 Å². The van der Waals surface area contributed by atoms with E-state index >= 15 is 0 Å². The lowest BCUT2D eigenvalue weighted by Gasteiger charge is -2.09. The fourth-order valence-electron chi connectivity index (χ4n) is 1.89. The van der Waals surface area contributed by atoms with Crippen LogP contribution in [0.2, 0.25) is 10.0 Å². The zero-order chi connectivity index (χ0) is 14.2. The van der Waals surface area contributed by atoms with Crippen LogP contribution in [0.1, 0.15) is 20.3 Å². The van der Waals surface area contributed by atoms with E-state index in [1.165, 1.54) is 16.7 Å². The summed E-state index contributed by atoms with van der Waals surface area (Å²) in [4.78, 5) is 26.9. The topological polar surface area (TPSA) is 54.9 Å². The summed E-state index contributed by atoms with van der Waals surface area (Å²) in [5, 5.41) is 0.934. The lowest BCUT2D eigenvalue weighted by Crippen LogP contribution is -2.35. The molecule has 19 heavy (non-hydrogen) atoms. The largest absolute Gasteiger partial charge is 0.328 e. The summed E-state index contributed by atoms with van der Waals surface area (Å²) in [6, 6.07) is 3.02. The van der Waals surface area contributed by atoms with E-state index in [4.69, 9.17) is 23.2 Å². The molecule has 0 spiro atoms. The quantitative estimate of drug-likeness (QED) is 0.947. The van der Waals surface area contributed by atoms with Crippen molar-refractivity contribution < 1.29 is 0 Å². The van der Waals surface area contributed by atoms with Crippen LogP contribution < -0.4 is 11.2 Å². The highest BCUT2D eigenvalue weighted by atomic mass is 35.5. The molecule has 1 aromatic carbocycles. The van der Waals surface area contributed by atoms with Crippen molar-refractivity contribution in [3.8, 4) is 0 Å². The van der Waals surface area contributed by atoms with Crippen molar-refractivity contribution >= 4 is 34.1 Å². The Kier molecular flexibility index (Phi) is 4.02. The van der Waals surface area contributed by atoms with Crippen LogP contribution in [0.15, 0.2) is 21.7 Å². The fraction of sp³-hybridized carbons (Fsp3) is 0.385. The molecule has 102 valence electrons. The third-order valence-corrected chi connectivity index (χ3v) is 3.45. The molecule has 0 bridgehead atoms. The first-order valence-electron chi connectivity index (χ1n) is 6.02. The molecule has 1 N–H and O–H groups in total. The average molecular weight is 301 g/mol. The molecule has 0 amide bonds. The van der Waals surface area contributed by atoms with Crippen LogP contribution in [-0.2, 0) is 6.54 Å². The van der Waals surface area contributed by atoms with E-state index in [2.05, 4.69) is 4.98 Å². The molecular weight excluding hydrogens is 287 g/mol. The number of rotatable bonds is 3. The van der Waals surface area contributed by atoms with Gasteiger partial charge < -0.3 is 4.98 Å². The van der Waals surface area contributed by atoms with Gasteiger partial charge in [0, 0.05) is 11.6 Å². The van der Waals surface area contributed by atoms with Crippen LogP contribution in [0.4, 0.5) is 0 Å². The Morgan fingerprint density at radius 2 is 1.95 bits per heavy atom. The third kappa shape index (κ3) is 2.85. The molecular formula is C13H14Cl2N2O2. The highest BCUT2D eigenvalue weighted by Crippen LogP contribution is 2.23. The number of nitrogens with one attached hydrogen (secondary N) is 1. The number of hydrogen-bond donors (Lipinski definition) is 1. The monoisotopic (exact) mass is 300 g/mol. The van der Waals surface area contributed by atoms with E-state index in [-0.39, 0.29) is 10.6 Å². The second-order valence-corrected chi connectivity index (χ2v) is 5.72. The van der Waals surface area contributed by atoms with Gasteiger partial charge in [-0.15, -0.1) is 0 Å². The van der Waals surface area contributed by atoms with Gasteiger partial charge in [-0.3, -0.25) is 9.36 Å². The summed E-state index contributed by atoms with van der Waals surface area (Å²) in [7, 11) is 0. The maximum atomic E-state index is 12.3. The normalized spacial score (nSPS) is 11.4. The van der Waals surface area contributed by atoms with E-state index < -0.39 is 5.69 Å². The molecule has 0 saturated heterocycles. The maximum Gasteiger partial charge on any atom is 0.328 e. The van der Waals surface area contributed by atoms with Crippen molar-refractivity contribution in [3.05, 3.63) is 43.0 Å². The number of fused-ring (bicyclic) bond motifs is 1. The van der Waals surface area contributed by atoms with Crippen LogP contribution in [0.25, 0.3) is 10.9 Å². The van der Waals surface area contributed by atoms with Gasteiger partial charge in [0.2, 0.25) is 0 Å². The SMILES string of the molecule is CC(C)CCn1c(=O)[nH]c2cc(Cl)cc(Cl)c2c1=O. The van der Waals surface area contributed by atoms with E-state index in [0.29, 0.717) is 28.4 Å². The number of H-pyrrole nitrogens is 1. The lowest BCUT2D eigenvalue weighted by molar-refractivity contribution is 0.497. The summed E-state index contributed by atoms with van der Waals surface area (Å²) in [5.41, 5.74) is -0.439. The predicted octanol–water partition coefficient (Wildman–Crippen LogP) is 3.04. The Bertz CT molecular complexity index is 732. The fourth-order valence-corrected chi connectivity index (χ4v) is 2.46. The van der Waals surface area contributed by atoms with Gasteiger partial charge in [-0.1, -0.05) is 37.0 Å². The Labute approximate surface area is 120 Å². The van der Waals surface area contributed by atoms with Gasteiger partial charge in [0.1, 0.15) is 0 Å². The molecule has 0 saturated carbocycles. The summed E-state index contributed by atoms with van der Waals surface area (Å²) >= 11 is 11.9. The number of aromatic nitrogens is 2. The second-order valence-electron chi connectivity index (χ2n) is 4.88. The minimum Gasteiger partial charge on any atom is -0.307 e. The molecule has 2 rings (SSSR count). The Morgan fingerprint density at radius 3 is 2.58 bits per heavy atom. The summed E-state index contributed by atoms with van der Waals surface area (Å²) < 4.78 is 1.18.